The van der Waals surface area contributed by atoms with Crippen molar-refractivity contribution < 1.29 is 42.9 Å². The van der Waals surface area contributed by atoms with Crippen molar-refractivity contribution in [3.63, 3.8) is 0 Å². The van der Waals surface area contributed by atoms with Crippen LogP contribution < -0.4 is 10.2 Å². The van der Waals surface area contributed by atoms with Gasteiger partial charge in [0.15, 0.2) is 0 Å². The van der Waals surface area contributed by atoms with E-state index in [1.165, 1.54) is 0 Å². The zero-order valence-electron chi connectivity index (χ0n) is 17.9. The van der Waals surface area contributed by atoms with Gasteiger partial charge in [-0.25, -0.2) is 0 Å². The van der Waals surface area contributed by atoms with E-state index < -0.39 is 6.16 Å². The number of rotatable bonds is 12. The molecule has 9 heteroatoms. The van der Waals surface area contributed by atoms with Gasteiger partial charge in [-0.1, -0.05) is 0 Å². The van der Waals surface area contributed by atoms with Crippen LogP contribution in [0.1, 0.15) is 0 Å². The normalized spacial score (nSPS) is 11.1. The molecule has 0 aromatic rings. The Hall–Kier alpha value is -0.970. The highest BCUT2D eigenvalue weighted by atomic mass is 16.6. The molecule has 0 saturated heterocycles. The van der Waals surface area contributed by atoms with Crippen molar-refractivity contribution in [2.45, 2.75) is 0 Å². The predicted molar refractivity (Wildman–Crippen MR) is 96.6 cm³/mol. The van der Waals surface area contributed by atoms with Crippen LogP contribution in [0.4, 0.5) is 4.79 Å². The van der Waals surface area contributed by atoms with Gasteiger partial charge in [0.05, 0.1) is 54.6 Å². The lowest BCUT2D eigenvalue weighted by Crippen LogP contribution is -2.44. The molecule has 0 aliphatic rings. The highest BCUT2D eigenvalue weighted by Gasteiger charge is 2.13. The molecule has 0 amide bonds. The SMILES string of the molecule is COCC[N+](C)(C)CCOC.COCC[N+](C)(C)CCOC.O=C([O-])[O-]. The van der Waals surface area contributed by atoms with Crippen molar-refractivity contribution in [2.75, 3.05) is 109 Å². The van der Waals surface area contributed by atoms with Gasteiger partial charge in [-0.3, -0.25) is 0 Å². The molecule has 0 unspecified atom stereocenters. The maximum absolute atomic E-state index is 8.33. The predicted octanol–water partition coefficient (Wildman–Crippen LogP) is -1.74. The molecular formula is C17H40N2O7. The first kappa shape index (κ1) is 29.8. The molecular weight excluding hydrogens is 344 g/mol. The number of hydrogen-bond donors (Lipinski definition) is 0. The van der Waals surface area contributed by atoms with Crippen LogP contribution in [0.2, 0.25) is 0 Å². The molecule has 0 aliphatic carbocycles. The first-order chi connectivity index (χ1) is 12.0. The summed E-state index contributed by atoms with van der Waals surface area (Å²) in [4.78, 5) is 8.33. The van der Waals surface area contributed by atoms with Crippen LogP contribution in [0.5, 0.6) is 0 Å². The Morgan fingerprint density at radius 1 is 0.615 bits per heavy atom. The number of carbonyl (C=O) groups excluding carboxylic acids is 1. The Kier molecular flexibility index (Phi) is 21.5. The van der Waals surface area contributed by atoms with E-state index >= 15 is 0 Å². The fourth-order valence-electron chi connectivity index (χ4n) is 1.58. The van der Waals surface area contributed by atoms with Gasteiger partial charge in [0.1, 0.15) is 26.2 Å². The summed E-state index contributed by atoms with van der Waals surface area (Å²) < 4.78 is 21.9. The van der Waals surface area contributed by atoms with Crippen LogP contribution in [-0.2, 0) is 18.9 Å². The van der Waals surface area contributed by atoms with Crippen molar-refractivity contribution in [1.82, 2.24) is 0 Å². The van der Waals surface area contributed by atoms with Crippen molar-refractivity contribution in [1.29, 1.82) is 0 Å². The van der Waals surface area contributed by atoms with E-state index in [0.29, 0.717) is 0 Å². The number of methoxy groups -OCH3 is 4. The molecule has 0 spiro atoms. The largest absolute Gasteiger partial charge is 0.652 e. The highest BCUT2D eigenvalue weighted by Crippen LogP contribution is 1.96. The van der Waals surface area contributed by atoms with Crippen LogP contribution in [0.15, 0.2) is 0 Å². The lowest BCUT2D eigenvalue weighted by Gasteiger charge is -2.28. The lowest BCUT2D eigenvalue weighted by atomic mass is 10.4. The number of likely N-dealkylation sites (N-methyl/N-ethyl adjacent to an activating group) is 2. The third-order valence-corrected chi connectivity index (χ3v) is 3.60. The lowest BCUT2D eigenvalue weighted by molar-refractivity contribution is -0.891. The Labute approximate surface area is 159 Å². The Bertz CT molecular complexity index is 265. The van der Waals surface area contributed by atoms with E-state index in [4.69, 9.17) is 34.0 Å². The number of nitrogens with zero attached hydrogens (tertiary/aromatic N) is 2. The number of ether oxygens (including phenoxy) is 4. The van der Waals surface area contributed by atoms with Crippen LogP contribution >= 0.6 is 0 Å². The summed E-state index contributed by atoms with van der Waals surface area (Å²) in [6.45, 7) is 7.43. The molecule has 9 nitrogen and oxygen atoms in total. The van der Waals surface area contributed by atoms with Gasteiger partial charge in [-0.2, -0.15) is 0 Å². The molecule has 0 aliphatic heterocycles. The van der Waals surface area contributed by atoms with Crippen LogP contribution in [0, 0.1) is 0 Å². The summed E-state index contributed by atoms with van der Waals surface area (Å²) in [5, 5.41) is 16.7. The number of quaternary nitrogens is 2. The molecule has 0 aromatic heterocycles. The fraction of sp³-hybridized carbons (Fsp3) is 0.941. The fourth-order valence-corrected chi connectivity index (χ4v) is 1.58. The number of carbonyl (C=O) groups is 1. The molecule has 0 rings (SSSR count). The molecule has 0 bridgehead atoms. The summed E-state index contributed by atoms with van der Waals surface area (Å²) in [7, 11) is 15.6. The molecule has 26 heavy (non-hydrogen) atoms. The van der Waals surface area contributed by atoms with Crippen LogP contribution in [0.25, 0.3) is 0 Å². The monoisotopic (exact) mass is 384 g/mol. The molecule has 0 saturated carbocycles. The minimum absolute atomic E-state index is 0.816. The Morgan fingerprint density at radius 2 is 0.769 bits per heavy atom. The molecule has 0 atom stereocenters. The van der Waals surface area contributed by atoms with Crippen molar-refractivity contribution in [2.24, 2.45) is 0 Å². The van der Waals surface area contributed by atoms with E-state index in [2.05, 4.69) is 28.2 Å². The summed E-state index contributed by atoms with van der Waals surface area (Å²) in [5.41, 5.74) is 0. The quantitative estimate of drug-likeness (QED) is 0.368. The summed E-state index contributed by atoms with van der Waals surface area (Å²) in [6, 6.07) is 0. The topological polar surface area (TPSA) is 100 Å². The van der Waals surface area contributed by atoms with E-state index in [1.54, 1.807) is 28.4 Å². The summed E-state index contributed by atoms with van der Waals surface area (Å²) >= 11 is 0. The van der Waals surface area contributed by atoms with Gasteiger partial charge in [0.2, 0.25) is 0 Å². The van der Waals surface area contributed by atoms with E-state index in [-0.39, 0.29) is 0 Å². The van der Waals surface area contributed by atoms with E-state index in [9.17, 15) is 0 Å². The van der Waals surface area contributed by atoms with Crippen LogP contribution in [-0.4, -0.2) is 124 Å². The summed E-state index contributed by atoms with van der Waals surface area (Å²) in [5.74, 6) is 0. The minimum atomic E-state index is -2.33. The molecule has 0 radical (unpaired) electrons. The second-order valence-electron chi connectivity index (χ2n) is 6.99. The second kappa shape index (κ2) is 18.8. The van der Waals surface area contributed by atoms with E-state index in [0.717, 1.165) is 61.6 Å². The van der Waals surface area contributed by atoms with E-state index in [1.807, 2.05) is 0 Å². The van der Waals surface area contributed by atoms with Gasteiger partial charge >= 0.3 is 0 Å². The van der Waals surface area contributed by atoms with Gasteiger partial charge in [0, 0.05) is 28.4 Å². The van der Waals surface area contributed by atoms with Gasteiger partial charge in [-0.05, 0) is 6.16 Å². The summed E-state index contributed by atoms with van der Waals surface area (Å²) in [6.07, 6.45) is -2.33. The van der Waals surface area contributed by atoms with Crippen molar-refractivity contribution in [3.05, 3.63) is 0 Å². The maximum Gasteiger partial charge on any atom is 0.102 e. The second-order valence-corrected chi connectivity index (χ2v) is 6.99. The van der Waals surface area contributed by atoms with Crippen LogP contribution in [0.3, 0.4) is 0 Å². The zero-order chi connectivity index (χ0) is 21.1. The number of carboxylic acid groups (broad SMARTS) is 2. The Balaban J connectivity index is -0.000000338. The molecule has 0 heterocycles. The van der Waals surface area contributed by atoms with Crippen molar-refractivity contribution >= 4 is 6.16 Å². The van der Waals surface area contributed by atoms with Gasteiger partial charge in [-0.15, -0.1) is 0 Å². The maximum atomic E-state index is 8.33. The number of hydrogen-bond acceptors (Lipinski definition) is 7. The van der Waals surface area contributed by atoms with Crippen molar-refractivity contribution in [3.8, 4) is 0 Å². The molecule has 0 aromatic carbocycles. The third kappa shape index (κ3) is 30.9. The first-order valence-electron chi connectivity index (χ1n) is 8.45. The highest BCUT2D eigenvalue weighted by molar-refractivity contribution is 5.47. The third-order valence-electron chi connectivity index (χ3n) is 3.60. The average molecular weight is 385 g/mol. The first-order valence-corrected chi connectivity index (χ1v) is 8.45. The Morgan fingerprint density at radius 3 is 0.885 bits per heavy atom. The molecule has 0 N–H and O–H groups in total. The van der Waals surface area contributed by atoms with Gasteiger partial charge in [0.25, 0.3) is 0 Å². The minimum Gasteiger partial charge on any atom is -0.652 e. The standard InChI is InChI=1S/2C8H20NO2.CH2O3/c2*1-9(2,5-7-10-3)6-8-11-4;2-1(3)4/h2*5-8H2,1-4H3;(H2,2,3,4)/q2*+1;/p-2. The molecule has 0 fully saturated rings. The molecule has 160 valence electrons. The average Bonchev–Trinajstić information content (AvgIpc) is 2.55. The smallest absolute Gasteiger partial charge is 0.102 e. The zero-order valence-corrected chi connectivity index (χ0v) is 17.9. The van der Waals surface area contributed by atoms with Gasteiger partial charge < -0.3 is 42.9 Å².